The lowest BCUT2D eigenvalue weighted by Crippen LogP contribution is -2.06. The fraction of sp³-hybridized carbons (Fsp3) is 0.174. The van der Waals surface area contributed by atoms with Gasteiger partial charge in [0.15, 0.2) is 5.82 Å². The van der Waals surface area contributed by atoms with Crippen LogP contribution in [0.15, 0.2) is 54.9 Å². The first kappa shape index (κ1) is 19.7. The quantitative estimate of drug-likeness (QED) is 0.460. The Labute approximate surface area is 172 Å². The second kappa shape index (κ2) is 8.41. The summed E-state index contributed by atoms with van der Waals surface area (Å²) in [6.45, 7) is 2.74. The maximum atomic E-state index is 14.4. The predicted molar refractivity (Wildman–Crippen MR) is 113 cm³/mol. The number of methoxy groups -OCH3 is 1. The highest BCUT2D eigenvalue weighted by atomic mass is 19.1. The first-order valence-corrected chi connectivity index (χ1v) is 9.60. The van der Waals surface area contributed by atoms with Crippen molar-refractivity contribution in [3.8, 4) is 28.3 Å². The number of aromatic nitrogens is 3. The molecule has 5 nitrogen and oxygen atoms in total. The monoisotopic (exact) mass is 406 g/mol. The van der Waals surface area contributed by atoms with Gasteiger partial charge in [0.1, 0.15) is 28.7 Å². The molecule has 7 heteroatoms. The third-order valence-corrected chi connectivity index (χ3v) is 4.69. The van der Waals surface area contributed by atoms with Crippen LogP contribution in [0, 0.1) is 11.6 Å². The molecule has 4 aromatic rings. The minimum atomic E-state index is -0.520. The summed E-state index contributed by atoms with van der Waals surface area (Å²) in [6.07, 6.45) is 4.26. The minimum Gasteiger partial charge on any atom is -0.494 e. The summed E-state index contributed by atoms with van der Waals surface area (Å²) >= 11 is 0. The summed E-state index contributed by atoms with van der Waals surface area (Å²) in [7, 11) is 1.52. The summed E-state index contributed by atoms with van der Waals surface area (Å²) in [6, 6.07) is 10.5. The van der Waals surface area contributed by atoms with Crippen LogP contribution in [0.1, 0.15) is 13.3 Å². The van der Waals surface area contributed by atoms with E-state index in [-0.39, 0.29) is 5.56 Å². The van der Waals surface area contributed by atoms with Crippen molar-refractivity contribution in [2.75, 3.05) is 19.0 Å². The van der Waals surface area contributed by atoms with Gasteiger partial charge in [0.25, 0.3) is 0 Å². The number of hydrogen-bond acceptors (Lipinski definition) is 5. The largest absolute Gasteiger partial charge is 0.494 e. The van der Waals surface area contributed by atoms with Crippen LogP contribution in [0.4, 0.5) is 14.6 Å². The molecule has 0 amide bonds. The fourth-order valence-corrected chi connectivity index (χ4v) is 3.23. The Morgan fingerprint density at radius 3 is 2.63 bits per heavy atom. The molecule has 2 aromatic heterocycles. The van der Waals surface area contributed by atoms with Gasteiger partial charge in [-0.25, -0.2) is 18.7 Å². The Balaban J connectivity index is 1.98. The van der Waals surface area contributed by atoms with E-state index in [1.807, 2.05) is 19.1 Å². The van der Waals surface area contributed by atoms with E-state index in [2.05, 4.69) is 20.3 Å². The van der Waals surface area contributed by atoms with Crippen LogP contribution >= 0.6 is 0 Å². The number of pyridine rings is 1. The SMILES string of the molecule is CCCNc1nc(-c2cccnc2)nc2c(OC)cc(-c3cc(F)ccc3F)cc12. The standard InChI is InChI=1S/C23H20F2N4O/c1-3-8-27-23-18-10-15(17-12-16(24)6-7-19(17)25)11-20(30-2)21(18)28-22(29-23)14-5-4-9-26-13-14/h4-7,9-13H,3,8H2,1-2H3,(H,27,28,29). The van der Waals surface area contributed by atoms with Crippen molar-refractivity contribution in [1.29, 1.82) is 0 Å². The number of hydrogen-bond donors (Lipinski definition) is 1. The molecule has 0 spiro atoms. The molecule has 0 bridgehead atoms. The number of nitrogens with one attached hydrogen (secondary N) is 1. The van der Waals surface area contributed by atoms with E-state index in [4.69, 9.17) is 4.74 Å². The van der Waals surface area contributed by atoms with Crippen molar-refractivity contribution < 1.29 is 13.5 Å². The van der Waals surface area contributed by atoms with E-state index in [0.717, 1.165) is 24.1 Å². The molecule has 152 valence electrons. The Kier molecular flexibility index (Phi) is 5.52. The van der Waals surface area contributed by atoms with E-state index < -0.39 is 11.6 Å². The highest BCUT2D eigenvalue weighted by Gasteiger charge is 2.17. The van der Waals surface area contributed by atoms with Gasteiger partial charge in [-0.2, -0.15) is 0 Å². The summed E-state index contributed by atoms with van der Waals surface area (Å²) in [5.41, 5.74) is 1.97. The summed E-state index contributed by atoms with van der Waals surface area (Å²) < 4.78 is 33.8. The van der Waals surface area contributed by atoms with Crippen LogP contribution in [-0.4, -0.2) is 28.6 Å². The Hall–Kier alpha value is -3.61. The lowest BCUT2D eigenvalue weighted by Gasteiger charge is -2.15. The third-order valence-electron chi connectivity index (χ3n) is 4.69. The molecule has 0 saturated carbocycles. The molecule has 0 atom stereocenters. The molecule has 2 aromatic carbocycles. The molecule has 0 unspecified atom stereocenters. The molecular weight excluding hydrogens is 386 g/mol. The van der Waals surface area contributed by atoms with Crippen LogP contribution in [0.3, 0.4) is 0 Å². The van der Waals surface area contributed by atoms with Gasteiger partial charge in [-0.15, -0.1) is 0 Å². The summed E-state index contributed by atoms with van der Waals surface area (Å²) in [5, 5.41) is 3.97. The van der Waals surface area contributed by atoms with Crippen molar-refractivity contribution in [3.63, 3.8) is 0 Å². The van der Waals surface area contributed by atoms with Gasteiger partial charge >= 0.3 is 0 Å². The molecule has 0 aliphatic heterocycles. The Morgan fingerprint density at radius 1 is 1.03 bits per heavy atom. The molecule has 0 saturated heterocycles. The van der Waals surface area contributed by atoms with Gasteiger partial charge < -0.3 is 10.1 Å². The maximum absolute atomic E-state index is 14.4. The van der Waals surface area contributed by atoms with Crippen LogP contribution in [0.2, 0.25) is 0 Å². The van der Waals surface area contributed by atoms with Crippen molar-refractivity contribution in [2.45, 2.75) is 13.3 Å². The Morgan fingerprint density at radius 2 is 1.90 bits per heavy atom. The first-order chi connectivity index (χ1) is 14.6. The smallest absolute Gasteiger partial charge is 0.163 e. The zero-order valence-electron chi connectivity index (χ0n) is 16.6. The van der Waals surface area contributed by atoms with Gasteiger partial charge in [0.05, 0.1) is 7.11 Å². The number of halogens is 2. The van der Waals surface area contributed by atoms with Crippen molar-refractivity contribution in [1.82, 2.24) is 15.0 Å². The number of nitrogens with zero attached hydrogens (tertiary/aromatic N) is 3. The van der Waals surface area contributed by atoms with Crippen molar-refractivity contribution in [3.05, 3.63) is 66.5 Å². The molecule has 4 rings (SSSR count). The fourth-order valence-electron chi connectivity index (χ4n) is 3.23. The number of benzene rings is 2. The third kappa shape index (κ3) is 3.78. The van der Waals surface area contributed by atoms with Crippen LogP contribution in [-0.2, 0) is 0 Å². The van der Waals surface area contributed by atoms with E-state index >= 15 is 0 Å². The molecule has 1 N–H and O–H groups in total. The average molecular weight is 406 g/mol. The van der Waals surface area contributed by atoms with Crippen molar-refractivity contribution >= 4 is 16.7 Å². The second-order valence-electron chi connectivity index (χ2n) is 6.76. The molecule has 0 fully saturated rings. The molecule has 30 heavy (non-hydrogen) atoms. The molecule has 2 heterocycles. The summed E-state index contributed by atoms with van der Waals surface area (Å²) in [4.78, 5) is 13.5. The van der Waals surface area contributed by atoms with Crippen LogP contribution in [0.5, 0.6) is 5.75 Å². The van der Waals surface area contributed by atoms with Crippen molar-refractivity contribution in [2.24, 2.45) is 0 Å². The molecular formula is C23H20F2N4O. The molecule has 0 aliphatic rings. The molecule has 0 radical (unpaired) electrons. The van der Waals surface area contributed by atoms with Gasteiger partial charge in [-0.05, 0) is 54.4 Å². The van der Waals surface area contributed by atoms with Gasteiger partial charge in [0.2, 0.25) is 0 Å². The van der Waals surface area contributed by atoms with E-state index in [1.165, 1.54) is 13.2 Å². The average Bonchev–Trinajstić information content (AvgIpc) is 2.78. The minimum absolute atomic E-state index is 0.146. The number of ether oxygens (including phenoxy) is 1. The van der Waals surface area contributed by atoms with Gasteiger partial charge in [0, 0.05) is 35.5 Å². The zero-order chi connectivity index (χ0) is 21.1. The number of fused-ring (bicyclic) bond motifs is 1. The van der Waals surface area contributed by atoms with Crippen LogP contribution < -0.4 is 10.1 Å². The van der Waals surface area contributed by atoms with E-state index in [9.17, 15) is 8.78 Å². The van der Waals surface area contributed by atoms with Gasteiger partial charge in [-0.1, -0.05) is 6.92 Å². The topological polar surface area (TPSA) is 59.9 Å². The van der Waals surface area contributed by atoms with Gasteiger partial charge in [-0.3, -0.25) is 4.98 Å². The normalized spacial score (nSPS) is 10.9. The zero-order valence-corrected chi connectivity index (χ0v) is 16.6. The lowest BCUT2D eigenvalue weighted by atomic mass is 10.0. The predicted octanol–water partition coefficient (Wildman–Crippen LogP) is 5.47. The van der Waals surface area contributed by atoms with E-state index in [1.54, 1.807) is 24.5 Å². The number of rotatable bonds is 6. The Bertz CT molecular complexity index is 1200. The maximum Gasteiger partial charge on any atom is 0.163 e. The van der Waals surface area contributed by atoms with Crippen LogP contribution in [0.25, 0.3) is 33.4 Å². The first-order valence-electron chi connectivity index (χ1n) is 9.60. The number of anilines is 1. The second-order valence-corrected chi connectivity index (χ2v) is 6.76. The van der Waals surface area contributed by atoms with E-state index in [0.29, 0.717) is 40.4 Å². The lowest BCUT2D eigenvalue weighted by molar-refractivity contribution is 0.419. The highest BCUT2D eigenvalue weighted by molar-refractivity contribution is 5.97. The highest BCUT2D eigenvalue weighted by Crippen LogP contribution is 2.36. The summed E-state index contributed by atoms with van der Waals surface area (Å²) in [5.74, 6) is 0.500. The molecule has 0 aliphatic carbocycles.